The van der Waals surface area contributed by atoms with E-state index in [1.165, 1.54) is 0 Å². The maximum absolute atomic E-state index is 8.75. The first-order valence-corrected chi connectivity index (χ1v) is 6.58. The van der Waals surface area contributed by atoms with E-state index in [0.29, 0.717) is 12.2 Å². The van der Waals surface area contributed by atoms with Gasteiger partial charge in [0.25, 0.3) is 0 Å². The first-order chi connectivity index (χ1) is 9.60. The second-order valence-corrected chi connectivity index (χ2v) is 4.91. The van der Waals surface area contributed by atoms with Gasteiger partial charge in [0, 0.05) is 6.04 Å². The third-order valence-corrected chi connectivity index (χ3v) is 3.20. The monoisotopic (exact) mass is 266 g/mol. The van der Waals surface area contributed by atoms with Crippen LogP contribution in [0, 0.1) is 18.3 Å². The molecule has 0 radical (unpaired) electrons. The van der Waals surface area contributed by atoms with Gasteiger partial charge in [-0.15, -0.1) is 0 Å². The van der Waals surface area contributed by atoms with E-state index in [4.69, 9.17) is 15.7 Å². The summed E-state index contributed by atoms with van der Waals surface area (Å²) in [4.78, 5) is 0. The molecule has 0 aliphatic heterocycles. The van der Waals surface area contributed by atoms with Crippen molar-refractivity contribution in [3.8, 4) is 11.8 Å². The van der Waals surface area contributed by atoms with Gasteiger partial charge in [0.15, 0.2) is 0 Å². The molecule has 2 aromatic rings. The van der Waals surface area contributed by atoms with Crippen molar-refractivity contribution in [1.29, 1.82) is 5.26 Å². The minimum Gasteiger partial charge on any atom is -0.489 e. The number of benzene rings is 2. The summed E-state index contributed by atoms with van der Waals surface area (Å²) in [5.74, 6) is 0.860. The Morgan fingerprint density at radius 1 is 1.20 bits per heavy atom. The Morgan fingerprint density at radius 2 is 1.90 bits per heavy atom. The van der Waals surface area contributed by atoms with Crippen molar-refractivity contribution in [2.24, 2.45) is 5.73 Å². The summed E-state index contributed by atoms with van der Waals surface area (Å²) in [7, 11) is 0. The Morgan fingerprint density at radius 3 is 2.45 bits per heavy atom. The van der Waals surface area contributed by atoms with Gasteiger partial charge < -0.3 is 10.5 Å². The fourth-order valence-electron chi connectivity index (χ4n) is 1.95. The Labute approximate surface area is 119 Å². The number of hydrogen-bond donors (Lipinski definition) is 1. The highest BCUT2D eigenvalue weighted by Gasteiger charge is 2.04. The molecule has 0 aliphatic rings. The van der Waals surface area contributed by atoms with E-state index in [-0.39, 0.29) is 6.04 Å². The first kappa shape index (κ1) is 14.1. The summed E-state index contributed by atoms with van der Waals surface area (Å²) < 4.78 is 5.81. The van der Waals surface area contributed by atoms with Crippen molar-refractivity contribution in [3.05, 3.63) is 64.7 Å². The molecule has 1 atom stereocenters. The predicted octanol–water partition coefficient (Wildman–Crippen LogP) is 3.47. The van der Waals surface area contributed by atoms with Gasteiger partial charge >= 0.3 is 0 Å². The lowest BCUT2D eigenvalue weighted by Gasteiger charge is -2.12. The molecule has 0 unspecified atom stereocenters. The van der Waals surface area contributed by atoms with E-state index in [2.05, 4.69) is 12.1 Å². The van der Waals surface area contributed by atoms with E-state index < -0.39 is 0 Å². The number of nitrogens with two attached hydrogens (primary N) is 1. The number of nitriles is 1. The van der Waals surface area contributed by atoms with Crippen LogP contribution in [0.1, 0.15) is 35.2 Å². The molecule has 0 amide bonds. The van der Waals surface area contributed by atoms with Crippen molar-refractivity contribution in [2.75, 3.05) is 0 Å². The maximum atomic E-state index is 8.75. The van der Waals surface area contributed by atoms with Gasteiger partial charge in [-0.25, -0.2) is 0 Å². The molecule has 3 nitrogen and oxygen atoms in total. The average Bonchev–Trinajstić information content (AvgIpc) is 2.46. The summed E-state index contributed by atoms with van der Waals surface area (Å²) in [6, 6.07) is 15.5. The molecule has 3 heteroatoms. The molecule has 0 spiro atoms. The van der Waals surface area contributed by atoms with Crippen molar-refractivity contribution in [2.45, 2.75) is 26.5 Å². The second-order valence-electron chi connectivity index (χ2n) is 4.91. The van der Waals surface area contributed by atoms with Gasteiger partial charge in [0.2, 0.25) is 0 Å². The van der Waals surface area contributed by atoms with Crippen molar-refractivity contribution >= 4 is 0 Å². The lowest BCUT2D eigenvalue weighted by molar-refractivity contribution is 0.304. The van der Waals surface area contributed by atoms with Crippen LogP contribution >= 0.6 is 0 Å². The van der Waals surface area contributed by atoms with E-state index >= 15 is 0 Å². The fourth-order valence-corrected chi connectivity index (χ4v) is 1.95. The molecule has 0 bridgehead atoms. The number of nitrogens with zero attached hydrogens (tertiary/aromatic N) is 1. The van der Waals surface area contributed by atoms with Gasteiger partial charge in [-0.2, -0.15) is 5.26 Å². The maximum Gasteiger partial charge on any atom is 0.122 e. The van der Waals surface area contributed by atoms with Crippen LogP contribution in [-0.4, -0.2) is 0 Å². The topological polar surface area (TPSA) is 59.0 Å². The molecule has 0 heterocycles. The molecule has 2 aromatic carbocycles. The van der Waals surface area contributed by atoms with Crippen molar-refractivity contribution in [1.82, 2.24) is 0 Å². The van der Waals surface area contributed by atoms with Gasteiger partial charge in [0.05, 0.1) is 11.6 Å². The minimum absolute atomic E-state index is 0.0290. The van der Waals surface area contributed by atoms with Crippen LogP contribution in [0.25, 0.3) is 0 Å². The van der Waals surface area contributed by atoms with Crippen LogP contribution in [0.3, 0.4) is 0 Å². The third-order valence-electron chi connectivity index (χ3n) is 3.20. The van der Waals surface area contributed by atoms with Gasteiger partial charge in [0.1, 0.15) is 12.4 Å². The summed E-state index contributed by atoms with van der Waals surface area (Å²) in [5, 5.41) is 8.75. The van der Waals surface area contributed by atoms with Crippen LogP contribution < -0.4 is 10.5 Å². The molecule has 0 saturated heterocycles. The summed E-state index contributed by atoms with van der Waals surface area (Å²) in [6.07, 6.45) is 0. The zero-order chi connectivity index (χ0) is 14.5. The summed E-state index contributed by atoms with van der Waals surface area (Å²) >= 11 is 0. The van der Waals surface area contributed by atoms with Gasteiger partial charge in [-0.1, -0.05) is 24.3 Å². The lowest BCUT2D eigenvalue weighted by atomic mass is 10.1. The molecule has 2 N–H and O–H groups in total. The van der Waals surface area contributed by atoms with E-state index in [1.807, 2.05) is 38.1 Å². The van der Waals surface area contributed by atoms with Crippen molar-refractivity contribution < 1.29 is 4.74 Å². The van der Waals surface area contributed by atoms with Crippen LogP contribution in [0.4, 0.5) is 0 Å². The highest BCUT2D eigenvalue weighted by molar-refractivity contribution is 5.37. The molecule has 20 heavy (non-hydrogen) atoms. The van der Waals surface area contributed by atoms with Crippen LogP contribution in [-0.2, 0) is 6.61 Å². The SMILES string of the molecule is Cc1cc([C@@H](C)N)ccc1OCc1ccc(C#N)cc1. The zero-order valence-electron chi connectivity index (χ0n) is 11.8. The lowest BCUT2D eigenvalue weighted by Crippen LogP contribution is -2.05. The van der Waals surface area contributed by atoms with Gasteiger partial charge in [-0.3, -0.25) is 0 Å². The second kappa shape index (κ2) is 6.23. The summed E-state index contributed by atoms with van der Waals surface area (Å²) in [6.45, 7) is 4.47. The molecular weight excluding hydrogens is 248 g/mol. The predicted molar refractivity (Wildman–Crippen MR) is 79.3 cm³/mol. The number of rotatable bonds is 4. The van der Waals surface area contributed by atoms with Crippen LogP contribution in [0.2, 0.25) is 0 Å². The zero-order valence-corrected chi connectivity index (χ0v) is 11.8. The molecular formula is C17H18N2O. The molecule has 0 saturated carbocycles. The molecule has 0 aliphatic carbocycles. The summed E-state index contributed by atoms with van der Waals surface area (Å²) in [5.41, 5.74) is 9.74. The Kier molecular flexibility index (Phi) is 4.39. The van der Waals surface area contributed by atoms with Crippen LogP contribution in [0.5, 0.6) is 5.75 Å². The molecule has 2 rings (SSSR count). The standard InChI is InChI=1S/C17H18N2O/c1-12-9-16(13(2)19)7-8-17(12)20-11-15-5-3-14(10-18)4-6-15/h3-9,13H,11,19H2,1-2H3/t13-/m1/s1. The van der Waals surface area contributed by atoms with Gasteiger partial charge in [-0.05, 0) is 48.7 Å². The normalized spacial score (nSPS) is 11.7. The van der Waals surface area contributed by atoms with E-state index in [0.717, 1.165) is 22.4 Å². The first-order valence-electron chi connectivity index (χ1n) is 6.58. The average molecular weight is 266 g/mol. The van der Waals surface area contributed by atoms with Crippen LogP contribution in [0.15, 0.2) is 42.5 Å². The Balaban J connectivity index is 2.05. The quantitative estimate of drug-likeness (QED) is 0.921. The molecule has 0 aromatic heterocycles. The van der Waals surface area contributed by atoms with E-state index in [1.54, 1.807) is 12.1 Å². The van der Waals surface area contributed by atoms with E-state index in [9.17, 15) is 0 Å². The number of hydrogen-bond acceptors (Lipinski definition) is 3. The fraction of sp³-hybridized carbons (Fsp3) is 0.235. The highest BCUT2D eigenvalue weighted by Crippen LogP contribution is 2.22. The highest BCUT2D eigenvalue weighted by atomic mass is 16.5. The molecule has 102 valence electrons. The minimum atomic E-state index is 0.0290. The van der Waals surface area contributed by atoms with Crippen molar-refractivity contribution in [3.63, 3.8) is 0 Å². The number of aryl methyl sites for hydroxylation is 1. The Bertz CT molecular complexity index is 624. The number of ether oxygens (including phenoxy) is 1. The largest absolute Gasteiger partial charge is 0.489 e. The Hall–Kier alpha value is -2.31. The third kappa shape index (κ3) is 3.37. The molecule has 0 fully saturated rings. The smallest absolute Gasteiger partial charge is 0.122 e.